The smallest absolute Gasteiger partial charge is 0.271 e. The summed E-state index contributed by atoms with van der Waals surface area (Å²) in [7, 11) is 0. The third-order valence-corrected chi connectivity index (χ3v) is 4.87. The van der Waals surface area contributed by atoms with E-state index in [2.05, 4.69) is 31.8 Å². The van der Waals surface area contributed by atoms with Crippen LogP contribution in [0.25, 0.3) is 0 Å². The van der Waals surface area contributed by atoms with E-state index in [1.165, 1.54) is 11.3 Å². The largest absolute Gasteiger partial charge is 0.326 e. The Hall–Kier alpha value is -1.99. The highest BCUT2D eigenvalue weighted by molar-refractivity contribution is 9.11. The molecule has 5 nitrogen and oxygen atoms in total. The van der Waals surface area contributed by atoms with E-state index in [1.807, 2.05) is 12.1 Å². The second-order valence-corrected chi connectivity index (χ2v) is 7.68. The first-order valence-electron chi connectivity index (χ1n) is 7.11. The molecule has 1 aliphatic rings. The van der Waals surface area contributed by atoms with Crippen LogP contribution in [0.15, 0.2) is 45.3 Å². The summed E-state index contributed by atoms with van der Waals surface area (Å²) in [4.78, 5) is 24.6. The summed E-state index contributed by atoms with van der Waals surface area (Å²) in [6.45, 7) is 0. The average Bonchev–Trinajstić information content (AvgIpc) is 3.31. The molecule has 0 radical (unpaired) electrons. The molecule has 1 heterocycles. The SMILES string of the molecule is O=C(N/N=C/c1ccc(Br)s1)c1ccc(NC(=O)C2CC2)cc1. The first-order chi connectivity index (χ1) is 11.1. The van der Waals surface area contributed by atoms with Gasteiger partial charge in [0.05, 0.1) is 10.0 Å². The van der Waals surface area contributed by atoms with Crippen molar-refractivity contribution in [3.63, 3.8) is 0 Å². The lowest BCUT2D eigenvalue weighted by Crippen LogP contribution is -2.18. The predicted molar refractivity (Wildman–Crippen MR) is 94.9 cm³/mol. The summed E-state index contributed by atoms with van der Waals surface area (Å²) in [6, 6.07) is 10.6. The van der Waals surface area contributed by atoms with Gasteiger partial charge in [-0.15, -0.1) is 11.3 Å². The van der Waals surface area contributed by atoms with E-state index in [0.29, 0.717) is 11.3 Å². The van der Waals surface area contributed by atoms with Crippen molar-refractivity contribution in [3.05, 3.63) is 50.6 Å². The van der Waals surface area contributed by atoms with E-state index >= 15 is 0 Å². The third kappa shape index (κ3) is 4.49. The molecule has 0 spiro atoms. The molecule has 0 atom stereocenters. The lowest BCUT2D eigenvalue weighted by Gasteiger charge is -2.05. The minimum absolute atomic E-state index is 0.0499. The van der Waals surface area contributed by atoms with Crippen molar-refractivity contribution >= 4 is 51.0 Å². The fourth-order valence-electron chi connectivity index (χ4n) is 1.91. The van der Waals surface area contributed by atoms with Gasteiger partial charge in [0.1, 0.15) is 0 Å². The molecule has 0 aliphatic heterocycles. The van der Waals surface area contributed by atoms with Gasteiger partial charge < -0.3 is 5.32 Å². The number of thiophene rings is 1. The molecule has 7 heteroatoms. The number of hydrazone groups is 1. The number of carbonyl (C=O) groups excluding carboxylic acids is 2. The van der Waals surface area contributed by atoms with Crippen LogP contribution in [0, 0.1) is 5.92 Å². The highest BCUT2D eigenvalue weighted by atomic mass is 79.9. The van der Waals surface area contributed by atoms with E-state index in [9.17, 15) is 9.59 Å². The molecular weight excluding hydrogens is 378 g/mol. The van der Waals surface area contributed by atoms with Crippen molar-refractivity contribution < 1.29 is 9.59 Å². The summed E-state index contributed by atoms with van der Waals surface area (Å²) in [5.74, 6) is -0.0875. The Kier molecular flexibility index (Phi) is 4.88. The molecule has 2 N–H and O–H groups in total. The maximum absolute atomic E-state index is 12.0. The fourth-order valence-corrected chi connectivity index (χ4v) is 3.21. The van der Waals surface area contributed by atoms with Gasteiger partial charge in [-0.3, -0.25) is 9.59 Å². The first kappa shape index (κ1) is 15.9. The van der Waals surface area contributed by atoms with Crippen molar-refractivity contribution in [3.8, 4) is 0 Å². The Bertz CT molecular complexity index is 751. The minimum atomic E-state index is -0.294. The van der Waals surface area contributed by atoms with Crippen LogP contribution in [0.5, 0.6) is 0 Å². The van der Waals surface area contributed by atoms with Crippen LogP contribution >= 0.6 is 27.3 Å². The second-order valence-electron chi connectivity index (χ2n) is 5.18. The molecule has 3 rings (SSSR count). The van der Waals surface area contributed by atoms with Gasteiger partial charge in [0.25, 0.3) is 5.91 Å². The van der Waals surface area contributed by atoms with E-state index in [4.69, 9.17) is 0 Å². The van der Waals surface area contributed by atoms with Gasteiger partial charge >= 0.3 is 0 Å². The predicted octanol–water partition coefficient (Wildman–Crippen LogP) is 3.62. The monoisotopic (exact) mass is 391 g/mol. The Morgan fingerprint density at radius 3 is 2.52 bits per heavy atom. The number of hydrogen-bond acceptors (Lipinski definition) is 4. The Morgan fingerprint density at radius 2 is 1.91 bits per heavy atom. The summed E-state index contributed by atoms with van der Waals surface area (Å²) in [5.41, 5.74) is 3.66. The lowest BCUT2D eigenvalue weighted by atomic mass is 10.2. The van der Waals surface area contributed by atoms with Gasteiger partial charge in [0, 0.05) is 22.0 Å². The molecule has 1 aliphatic carbocycles. The number of rotatable bonds is 5. The van der Waals surface area contributed by atoms with Gasteiger partial charge in [-0.1, -0.05) is 0 Å². The number of hydrogen-bond donors (Lipinski definition) is 2. The number of nitrogens with one attached hydrogen (secondary N) is 2. The van der Waals surface area contributed by atoms with Crippen LogP contribution in [0.2, 0.25) is 0 Å². The summed E-state index contributed by atoms with van der Waals surface area (Å²) in [6.07, 6.45) is 3.52. The lowest BCUT2D eigenvalue weighted by molar-refractivity contribution is -0.117. The number of anilines is 1. The summed E-state index contributed by atoms with van der Waals surface area (Å²) >= 11 is 4.89. The zero-order valence-electron chi connectivity index (χ0n) is 12.1. The molecule has 0 bridgehead atoms. The maximum Gasteiger partial charge on any atom is 0.271 e. The minimum Gasteiger partial charge on any atom is -0.326 e. The topological polar surface area (TPSA) is 70.6 Å². The Morgan fingerprint density at radius 1 is 1.17 bits per heavy atom. The highest BCUT2D eigenvalue weighted by Gasteiger charge is 2.29. The molecule has 118 valence electrons. The number of benzene rings is 1. The Balaban J connectivity index is 1.54. The van der Waals surface area contributed by atoms with Crippen LogP contribution in [-0.2, 0) is 4.79 Å². The maximum atomic E-state index is 12.0. The average molecular weight is 392 g/mol. The summed E-state index contributed by atoms with van der Waals surface area (Å²) < 4.78 is 1.01. The molecule has 1 aromatic carbocycles. The molecule has 2 aromatic rings. The summed E-state index contributed by atoms with van der Waals surface area (Å²) in [5, 5.41) is 6.76. The van der Waals surface area contributed by atoms with Crippen molar-refractivity contribution in [1.82, 2.24) is 5.43 Å². The van der Waals surface area contributed by atoms with Crippen LogP contribution in [-0.4, -0.2) is 18.0 Å². The number of amides is 2. The van der Waals surface area contributed by atoms with Crippen molar-refractivity contribution in [1.29, 1.82) is 0 Å². The second kappa shape index (κ2) is 7.06. The molecule has 2 amide bonds. The standard InChI is InChI=1S/C16H14BrN3O2S/c17-14-8-7-13(23-14)9-18-20-16(22)11-3-5-12(6-4-11)19-15(21)10-1-2-10/h3-10H,1-2H2,(H,19,21)(H,20,22)/b18-9+. The van der Waals surface area contributed by atoms with Gasteiger partial charge in [-0.05, 0) is 65.2 Å². The van der Waals surface area contributed by atoms with Gasteiger partial charge in [-0.25, -0.2) is 5.43 Å². The zero-order chi connectivity index (χ0) is 16.2. The molecule has 1 aromatic heterocycles. The first-order valence-corrected chi connectivity index (χ1v) is 8.72. The van der Waals surface area contributed by atoms with Crippen LogP contribution in [0.4, 0.5) is 5.69 Å². The van der Waals surface area contributed by atoms with Gasteiger partial charge in [-0.2, -0.15) is 5.10 Å². The van der Waals surface area contributed by atoms with E-state index < -0.39 is 0 Å². The van der Waals surface area contributed by atoms with E-state index in [1.54, 1.807) is 30.5 Å². The quantitative estimate of drug-likeness (QED) is 0.603. The molecule has 1 saturated carbocycles. The van der Waals surface area contributed by atoms with Crippen molar-refractivity contribution in [2.75, 3.05) is 5.32 Å². The van der Waals surface area contributed by atoms with Crippen LogP contribution in [0.1, 0.15) is 28.1 Å². The van der Waals surface area contributed by atoms with Crippen molar-refractivity contribution in [2.45, 2.75) is 12.8 Å². The normalized spacial score (nSPS) is 14.0. The molecule has 23 heavy (non-hydrogen) atoms. The number of nitrogens with zero attached hydrogens (tertiary/aromatic N) is 1. The highest BCUT2D eigenvalue weighted by Crippen LogP contribution is 2.30. The van der Waals surface area contributed by atoms with E-state index in [-0.39, 0.29) is 17.7 Å². The molecule has 1 fully saturated rings. The molecule has 0 saturated heterocycles. The van der Waals surface area contributed by atoms with Crippen molar-refractivity contribution in [2.24, 2.45) is 11.0 Å². The van der Waals surface area contributed by atoms with Crippen LogP contribution < -0.4 is 10.7 Å². The van der Waals surface area contributed by atoms with Gasteiger partial charge in [0.15, 0.2) is 0 Å². The Labute approximate surface area is 145 Å². The number of carbonyl (C=O) groups is 2. The molecule has 0 unspecified atom stereocenters. The third-order valence-electron chi connectivity index (χ3n) is 3.31. The van der Waals surface area contributed by atoms with E-state index in [0.717, 1.165) is 21.5 Å². The number of halogens is 1. The zero-order valence-corrected chi connectivity index (χ0v) is 14.5. The van der Waals surface area contributed by atoms with Crippen LogP contribution in [0.3, 0.4) is 0 Å². The fraction of sp³-hybridized carbons (Fsp3) is 0.188. The molecular formula is C16H14BrN3O2S. The van der Waals surface area contributed by atoms with Gasteiger partial charge in [0.2, 0.25) is 5.91 Å².